The Kier molecular flexibility index (Phi) is 2.79. The molecule has 0 aliphatic carbocycles. The lowest BCUT2D eigenvalue weighted by Crippen LogP contribution is -2.17. The molecule has 0 radical (unpaired) electrons. The number of hydrogen-bond donors (Lipinski definition) is 0. The molecule has 2 heterocycles. The fourth-order valence-corrected chi connectivity index (χ4v) is 2.64. The van der Waals surface area contributed by atoms with Crippen LogP contribution in [-0.2, 0) is 13.0 Å². The van der Waals surface area contributed by atoms with E-state index in [1.165, 1.54) is 17.8 Å². The van der Waals surface area contributed by atoms with Gasteiger partial charge in [0, 0.05) is 29.2 Å². The number of fused-ring (bicyclic) bond motifs is 1. The maximum atomic E-state index is 4.73. The monoisotopic (exact) mass is 290 g/mol. The van der Waals surface area contributed by atoms with E-state index in [0.717, 1.165) is 29.1 Å². The number of aryl methyl sites for hydroxylation is 1. The zero-order chi connectivity index (χ0) is 11.8. The zero-order valence-electron chi connectivity index (χ0n) is 9.86. The number of benzene rings is 1. The van der Waals surface area contributed by atoms with Gasteiger partial charge in [-0.2, -0.15) is 0 Å². The molecule has 0 saturated heterocycles. The van der Waals surface area contributed by atoms with E-state index in [1.807, 2.05) is 0 Å². The molecule has 1 aromatic heterocycles. The number of rotatable bonds is 1. The Morgan fingerprint density at radius 3 is 2.82 bits per heavy atom. The molecular weight excluding hydrogens is 276 g/mol. The van der Waals surface area contributed by atoms with E-state index in [4.69, 9.17) is 4.98 Å². The van der Waals surface area contributed by atoms with Gasteiger partial charge in [-0.3, -0.25) is 0 Å². The first kappa shape index (κ1) is 11.0. The standard InChI is InChI=1S/C14H15BrN2/c1-10-2-7-14-16-13(9-17(14)8-10)11-3-5-12(15)6-4-11/h3-6,9-10H,2,7-8H2,1H3/t10-/m1/s1. The van der Waals surface area contributed by atoms with Crippen molar-refractivity contribution in [3.05, 3.63) is 40.8 Å². The highest BCUT2D eigenvalue weighted by molar-refractivity contribution is 9.10. The van der Waals surface area contributed by atoms with Crippen LogP contribution in [0.1, 0.15) is 19.2 Å². The molecule has 0 unspecified atom stereocenters. The van der Waals surface area contributed by atoms with Gasteiger partial charge in [0.15, 0.2) is 0 Å². The lowest BCUT2D eigenvalue weighted by Gasteiger charge is -2.19. The minimum atomic E-state index is 0.773. The highest BCUT2D eigenvalue weighted by atomic mass is 79.9. The lowest BCUT2D eigenvalue weighted by molar-refractivity contribution is 0.394. The van der Waals surface area contributed by atoms with E-state index in [0.29, 0.717) is 0 Å². The molecule has 17 heavy (non-hydrogen) atoms. The molecule has 1 atom stereocenters. The average molecular weight is 291 g/mol. The summed E-state index contributed by atoms with van der Waals surface area (Å²) in [7, 11) is 0. The molecule has 1 aliphatic heterocycles. The van der Waals surface area contributed by atoms with Crippen LogP contribution in [0.5, 0.6) is 0 Å². The van der Waals surface area contributed by atoms with Gasteiger partial charge in [-0.15, -0.1) is 0 Å². The summed E-state index contributed by atoms with van der Waals surface area (Å²) in [4.78, 5) is 4.73. The summed E-state index contributed by atoms with van der Waals surface area (Å²) in [5.41, 5.74) is 2.30. The van der Waals surface area contributed by atoms with Crippen LogP contribution in [0.15, 0.2) is 34.9 Å². The van der Waals surface area contributed by atoms with Crippen LogP contribution in [0.3, 0.4) is 0 Å². The van der Waals surface area contributed by atoms with Crippen molar-refractivity contribution in [2.45, 2.75) is 26.3 Å². The first-order valence-corrected chi connectivity index (χ1v) is 6.83. The summed E-state index contributed by atoms with van der Waals surface area (Å²) >= 11 is 3.46. The SMILES string of the molecule is C[C@@H]1CCc2nc(-c3ccc(Br)cc3)cn2C1. The molecule has 3 rings (SSSR count). The van der Waals surface area contributed by atoms with Crippen molar-refractivity contribution >= 4 is 15.9 Å². The molecule has 2 nitrogen and oxygen atoms in total. The Morgan fingerprint density at radius 2 is 2.06 bits per heavy atom. The highest BCUT2D eigenvalue weighted by Gasteiger charge is 2.17. The maximum Gasteiger partial charge on any atom is 0.109 e. The second kappa shape index (κ2) is 4.30. The molecule has 0 N–H and O–H groups in total. The Labute approximate surface area is 110 Å². The van der Waals surface area contributed by atoms with Crippen LogP contribution in [0.2, 0.25) is 0 Å². The van der Waals surface area contributed by atoms with Gasteiger partial charge in [-0.25, -0.2) is 4.98 Å². The fraction of sp³-hybridized carbons (Fsp3) is 0.357. The summed E-state index contributed by atoms with van der Waals surface area (Å²) in [5, 5.41) is 0. The smallest absolute Gasteiger partial charge is 0.109 e. The van der Waals surface area contributed by atoms with Crippen LogP contribution in [0, 0.1) is 5.92 Å². The van der Waals surface area contributed by atoms with Crippen LogP contribution in [-0.4, -0.2) is 9.55 Å². The molecule has 2 aromatic rings. The summed E-state index contributed by atoms with van der Waals surface area (Å²) < 4.78 is 3.42. The largest absolute Gasteiger partial charge is 0.334 e. The Morgan fingerprint density at radius 1 is 1.29 bits per heavy atom. The van der Waals surface area contributed by atoms with Gasteiger partial charge in [0.05, 0.1) is 5.69 Å². The van der Waals surface area contributed by atoms with Crippen LogP contribution >= 0.6 is 15.9 Å². The van der Waals surface area contributed by atoms with Gasteiger partial charge in [0.1, 0.15) is 5.82 Å². The number of halogens is 1. The third kappa shape index (κ3) is 2.16. The first-order valence-electron chi connectivity index (χ1n) is 6.04. The third-order valence-corrected chi connectivity index (χ3v) is 3.90. The van der Waals surface area contributed by atoms with Crippen molar-refractivity contribution in [1.29, 1.82) is 0 Å². The van der Waals surface area contributed by atoms with E-state index in [1.54, 1.807) is 0 Å². The third-order valence-electron chi connectivity index (χ3n) is 3.37. The van der Waals surface area contributed by atoms with Crippen molar-refractivity contribution in [3.63, 3.8) is 0 Å². The summed E-state index contributed by atoms with van der Waals surface area (Å²) in [6, 6.07) is 8.36. The second-order valence-electron chi connectivity index (χ2n) is 4.85. The van der Waals surface area contributed by atoms with Crippen LogP contribution < -0.4 is 0 Å². The van der Waals surface area contributed by atoms with Crippen molar-refractivity contribution in [2.24, 2.45) is 5.92 Å². The van der Waals surface area contributed by atoms with Gasteiger partial charge in [-0.05, 0) is 24.5 Å². The van der Waals surface area contributed by atoms with Gasteiger partial charge >= 0.3 is 0 Å². The van der Waals surface area contributed by atoms with Crippen molar-refractivity contribution < 1.29 is 0 Å². The van der Waals surface area contributed by atoms with Gasteiger partial charge in [0.25, 0.3) is 0 Å². The minimum absolute atomic E-state index is 0.773. The van der Waals surface area contributed by atoms with E-state index in [2.05, 4.69) is 57.9 Å². The quantitative estimate of drug-likeness (QED) is 0.779. The topological polar surface area (TPSA) is 17.8 Å². The number of aromatic nitrogens is 2. The highest BCUT2D eigenvalue weighted by Crippen LogP contribution is 2.25. The summed E-state index contributed by atoms with van der Waals surface area (Å²) in [5.74, 6) is 2.01. The van der Waals surface area contributed by atoms with Crippen molar-refractivity contribution in [2.75, 3.05) is 0 Å². The van der Waals surface area contributed by atoms with Gasteiger partial charge < -0.3 is 4.57 Å². The predicted molar refractivity (Wildman–Crippen MR) is 72.8 cm³/mol. The van der Waals surface area contributed by atoms with Gasteiger partial charge in [-0.1, -0.05) is 35.0 Å². The average Bonchev–Trinajstić information content (AvgIpc) is 2.72. The molecular formula is C14H15BrN2. The normalized spacial score (nSPS) is 19.1. The van der Waals surface area contributed by atoms with Crippen LogP contribution in [0.25, 0.3) is 11.3 Å². The molecule has 0 fully saturated rings. The Hall–Kier alpha value is -1.09. The van der Waals surface area contributed by atoms with Crippen LogP contribution in [0.4, 0.5) is 0 Å². The van der Waals surface area contributed by atoms with E-state index in [-0.39, 0.29) is 0 Å². The number of imidazole rings is 1. The van der Waals surface area contributed by atoms with E-state index >= 15 is 0 Å². The lowest BCUT2D eigenvalue weighted by atomic mass is 10.0. The number of nitrogens with zero attached hydrogens (tertiary/aromatic N) is 2. The molecule has 3 heteroatoms. The summed E-state index contributed by atoms with van der Waals surface area (Å²) in [6.07, 6.45) is 4.56. The predicted octanol–water partition coefficient (Wildman–Crippen LogP) is 3.89. The number of hydrogen-bond acceptors (Lipinski definition) is 1. The first-order chi connectivity index (χ1) is 8.22. The molecule has 1 aromatic carbocycles. The molecule has 0 amide bonds. The molecule has 88 valence electrons. The maximum absolute atomic E-state index is 4.73. The Balaban J connectivity index is 1.97. The van der Waals surface area contributed by atoms with Gasteiger partial charge in [0.2, 0.25) is 0 Å². The fourth-order valence-electron chi connectivity index (χ4n) is 2.37. The van der Waals surface area contributed by atoms with E-state index < -0.39 is 0 Å². The summed E-state index contributed by atoms with van der Waals surface area (Å²) in [6.45, 7) is 3.42. The van der Waals surface area contributed by atoms with Crippen molar-refractivity contribution in [3.8, 4) is 11.3 Å². The second-order valence-corrected chi connectivity index (χ2v) is 5.76. The molecule has 0 saturated carbocycles. The van der Waals surface area contributed by atoms with E-state index in [9.17, 15) is 0 Å². The molecule has 1 aliphatic rings. The minimum Gasteiger partial charge on any atom is -0.334 e. The molecule has 0 bridgehead atoms. The molecule has 0 spiro atoms. The van der Waals surface area contributed by atoms with Crippen molar-refractivity contribution in [1.82, 2.24) is 9.55 Å². The zero-order valence-corrected chi connectivity index (χ0v) is 11.4. The Bertz CT molecular complexity index is 528.